The lowest BCUT2D eigenvalue weighted by Crippen LogP contribution is -2.12. The van der Waals surface area contributed by atoms with Gasteiger partial charge in [0.1, 0.15) is 6.07 Å². The van der Waals surface area contributed by atoms with Gasteiger partial charge in [-0.1, -0.05) is 5.16 Å². The monoisotopic (exact) mass is 341 g/mol. The molecule has 0 fully saturated rings. The molecule has 0 aromatic carbocycles. The molecule has 0 amide bonds. The first kappa shape index (κ1) is 17.0. The highest BCUT2D eigenvalue weighted by atomic mass is 32.1. The van der Waals surface area contributed by atoms with Crippen LogP contribution in [-0.4, -0.2) is 20.9 Å². The zero-order valence-electron chi connectivity index (χ0n) is 10.6. The van der Waals surface area contributed by atoms with E-state index in [4.69, 9.17) is 16.2 Å². The minimum absolute atomic E-state index is 0.104. The van der Waals surface area contributed by atoms with E-state index in [-0.39, 0.29) is 27.0 Å². The van der Waals surface area contributed by atoms with Crippen molar-refractivity contribution in [2.24, 2.45) is 10.9 Å². The predicted molar refractivity (Wildman–Crippen MR) is 79.2 cm³/mol. The summed E-state index contributed by atoms with van der Waals surface area (Å²) in [5.74, 6) is -0.239. The highest BCUT2D eigenvalue weighted by molar-refractivity contribution is 7.12. The van der Waals surface area contributed by atoms with Crippen LogP contribution in [0.25, 0.3) is 0 Å². The summed E-state index contributed by atoms with van der Waals surface area (Å²) in [6.45, 7) is 0. The third kappa shape index (κ3) is 3.98. The number of hydrogen-bond acceptors (Lipinski definition) is 9. The zero-order valence-corrected chi connectivity index (χ0v) is 12.2. The maximum Gasteiger partial charge on any atom is 0.297 e. The molecule has 2 heterocycles. The smallest absolute Gasteiger partial charge is 0.297 e. The summed E-state index contributed by atoms with van der Waals surface area (Å²) in [5, 5.41) is 42.7. The summed E-state index contributed by atoms with van der Waals surface area (Å²) < 4.78 is 0. The fourth-order valence-corrected chi connectivity index (χ4v) is 2.62. The predicted octanol–water partition coefficient (Wildman–Crippen LogP) is 2.28. The number of nitro groups is 2. The minimum atomic E-state index is -0.579. The quantitative estimate of drug-likeness (QED) is 0.283. The number of rotatable bonds is 3. The molecule has 0 spiro atoms. The van der Waals surface area contributed by atoms with Gasteiger partial charge in [0.05, 0.1) is 9.85 Å². The Morgan fingerprint density at radius 2 is 1.77 bits per heavy atom. The van der Waals surface area contributed by atoms with E-state index >= 15 is 0 Å². The second kappa shape index (κ2) is 7.67. The maximum atomic E-state index is 10.3. The molecule has 0 aliphatic carbocycles. The molecular formula is C10H7N5O5S2. The van der Waals surface area contributed by atoms with Gasteiger partial charge in [-0.25, -0.2) is 0 Å². The number of oxime groups is 1. The Balaban J connectivity index is 0.000000224. The van der Waals surface area contributed by atoms with Gasteiger partial charge in [0.15, 0.2) is 15.6 Å². The molecule has 0 saturated heterocycles. The molecule has 12 heteroatoms. The van der Waals surface area contributed by atoms with Gasteiger partial charge in [0.2, 0.25) is 0 Å². The normalized spacial score (nSPS) is 10.2. The van der Waals surface area contributed by atoms with Crippen molar-refractivity contribution < 1.29 is 15.1 Å². The number of hydrogen-bond donors (Lipinski definition) is 2. The number of nitrogens with two attached hydrogens (primary N) is 1. The van der Waals surface area contributed by atoms with Crippen molar-refractivity contribution in [3.05, 3.63) is 52.9 Å². The van der Waals surface area contributed by atoms with Crippen LogP contribution in [-0.2, 0) is 0 Å². The Bertz CT molecular complexity index is 760. The van der Waals surface area contributed by atoms with E-state index in [0.29, 0.717) is 0 Å². The largest absolute Gasteiger partial charge is 0.409 e. The summed E-state index contributed by atoms with van der Waals surface area (Å²) in [6, 6.07) is 4.36. The fourth-order valence-electron chi connectivity index (χ4n) is 1.21. The van der Waals surface area contributed by atoms with E-state index < -0.39 is 9.85 Å². The summed E-state index contributed by atoms with van der Waals surface area (Å²) in [5.41, 5.74) is 4.94. The molecule has 2 rings (SSSR count). The Morgan fingerprint density at radius 3 is 2.23 bits per heavy atom. The van der Waals surface area contributed by atoms with Crippen LogP contribution in [0.15, 0.2) is 28.0 Å². The standard InChI is InChI=1S/C5H5N3O3S.C5H2N2O2S/c6-5(7-9)4-3(8(10)11)1-2-12-4;6-3-5-4(7(8)9)1-2-10-5/h1-2,9H,(H2,6,7);1-2H. The molecule has 0 radical (unpaired) electrons. The Hall–Kier alpha value is -3.04. The molecule has 0 bridgehead atoms. The molecule has 2 aromatic rings. The summed E-state index contributed by atoms with van der Waals surface area (Å²) >= 11 is 2.13. The second-order valence-corrected chi connectivity index (χ2v) is 5.21. The highest BCUT2D eigenvalue weighted by Crippen LogP contribution is 2.23. The van der Waals surface area contributed by atoms with Crippen LogP contribution < -0.4 is 5.73 Å². The van der Waals surface area contributed by atoms with Crippen molar-refractivity contribution in [1.82, 2.24) is 0 Å². The first-order valence-corrected chi connectivity index (χ1v) is 7.00. The van der Waals surface area contributed by atoms with Crippen molar-refractivity contribution >= 4 is 39.9 Å². The molecular weight excluding hydrogens is 334 g/mol. The van der Waals surface area contributed by atoms with E-state index in [1.54, 1.807) is 6.07 Å². The minimum Gasteiger partial charge on any atom is -0.409 e. The van der Waals surface area contributed by atoms with Gasteiger partial charge >= 0.3 is 0 Å². The molecule has 0 aliphatic heterocycles. The Kier molecular flexibility index (Phi) is 5.93. The molecule has 0 unspecified atom stereocenters. The molecule has 0 atom stereocenters. The third-order valence-corrected chi connectivity index (χ3v) is 3.86. The number of nitriles is 1. The van der Waals surface area contributed by atoms with E-state index in [9.17, 15) is 20.2 Å². The van der Waals surface area contributed by atoms with E-state index in [1.807, 2.05) is 0 Å². The zero-order chi connectivity index (χ0) is 16.7. The van der Waals surface area contributed by atoms with Gasteiger partial charge in [-0.15, -0.1) is 22.7 Å². The summed E-state index contributed by atoms with van der Waals surface area (Å²) in [4.78, 5) is 19.6. The van der Waals surface area contributed by atoms with Crippen molar-refractivity contribution in [2.45, 2.75) is 0 Å². The average Bonchev–Trinajstić information content (AvgIpc) is 3.15. The lowest BCUT2D eigenvalue weighted by molar-refractivity contribution is -0.384. The molecule has 10 nitrogen and oxygen atoms in total. The van der Waals surface area contributed by atoms with Crippen molar-refractivity contribution in [3.63, 3.8) is 0 Å². The maximum absolute atomic E-state index is 10.3. The summed E-state index contributed by atoms with van der Waals surface area (Å²) in [6.07, 6.45) is 0. The number of nitrogens with zero attached hydrogens (tertiary/aromatic N) is 4. The van der Waals surface area contributed by atoms with Gasteiger partial charge in [0, 0.05) is 12.1 Å². The van der Waals surface area contributed by atoms with Crippen LogP contribution in [0.3, 0.4) is 0 Å². The Morgan fingerprint density at radius 1 is 1.23 bits per heavy atom. The van der Waals surface area contributed by atoms with Gasteiger partial charge in [-0.2, -0.15) is 5.26 Å². The van der Waals surface area contributed by atoms with Crippen molar-refractivity contribution in [2.75, 3.05) is 0 Å². The molecule has 0 saturated carbocycles. The SMILES string of the molecule is N#Cc1sccc1[N+](=O)[O-].N/C(=N\O)c1sccc1[N+](=O)[O-]. The van der Waals surface area contributed by atoms with Crippen LogP contribution in [0.2, 0.25) is 0 Å². The first-order valence-electron chi connectivity index (χ1n) is 5.24. The van der Waals surface area contributed by atoms with Crippen LogP contribution in [0.4, 0.5) is 11.4 Å². The first-order chi connectivity index (χ1) is 10.4. The van der Waals surface area contributed by atoms with Gasteiger partial charge < -0.3 is 10.9 Å². The lowest BCUT2D eigenvalue weighted by atomic mass is 10.4. The van der Waals surface area contributed by atoms with E-state index in [2.05, 4.69) is 5.16 Å². The number of thiophene rings is 2. The van der Waals surface area contributed by atoms with E-state index in [1.165, 1.54) is 22.9 Å². The third-order valence-electron chi connectivity index (χ3n) is 2.12. The average molecular weight is 341 g/mol. The Labute approximate surface area is 130 Å². The van der Waals surface area contributed by atoms with E-state index in [0.717, 1.165) is 22.7 Å². The topological polar surface area (TPSA) is 169 Å². The van der Waals surface area contributed by atoms with Crippen LogP contribution in [0.5, 0.6) is 0 Å². The molecule has 114 valence electrons. The van der Waals surface area contributed by atoms with Crippen LogP contribution >= 0.6 is 22.7 Å². The van der Waals surface area contributed by atoms with Gasteiger partial charge in [-0.05, 0) is 10.8 Å². The fraction of sp³-hybridized carbons (Fsp3) is 0. The summed E-state index contributed by atoms with van der Waals surface area (Å²) in [7, 11) is 0. The molecule has 22 heavy (non-hydrogen) atoms. The molecule has 0 aliphatic rings. The van der Waals surface area contributed by atoms with Crippen molar-refractivity contribution in [1.29, 1.82) is 5.26 Å². The highest BCUT2D eigenvalue weighted by Gasteiger charge is 2.18. The number of amidine groups is 1. The van der Waals surface area contributed by atoms with Crippen LogP contribution in [0.1, 0.15) is 9.75 Å². The van der Waals surface area contributed by atoms with Gasteiger partial charge in [0.25, 0.3) is 11.4 Å². The van der Waals surface area contributed by atoms with Crippen LogP contribution in [0, 0.1) is 31.6 Å². The second-order valence-electron chi connectivity index (χ2n) is 3.38. The lowest BCUT2D eigenvalue weighted by Gasteiger charge is -1.91. The van der Waals surface area contributed by atoms with Gasteiger partial charge in [-0.3, -0.25) is 20.2 Å². The van der Waals surface area contributed by atoms with Crippen molar-refractivity contribution in [3.8, 4) is 6.07 Å². The molecule has 3 N–H and O–H groups in total. The molecule has 2 aromatic heterocycles.